The Balaban J connectivity index is 2.13. The Morgan fingerprint density at radius 1 is 1.48 bits per heavy atom. The molecule has 21 heavy (non-hydrogen) atoms. The van der Waals surface area contributed by atoms with Crippen molar-refractivity contribution in [2.75, 3.05) is 6.54 Å². The average Bonchev–Trinajstić information content (AvgIpc) is 2.85. The number of carbonyl (C=O) groups excluding carboxylic acids is 1. The molecule has 116 valence electrons. The van der Waals surface area contributed by atoms with E-state index < -0.39 is 23.6 Å². The monoisotopic (exact) mass is 295 g/mol. The highest BCUT2D eigenvalue weighted by molar-refractivity contribution is 5.69. The maximum Gasteiger partial charge on any atom is 0.410 e. The van der Waals surface area contributed by atoms with Crippen LogP contribution in [0.5, 0.6) is 0 Å². The van der Waals surface area contributed by atoms with Crippen LogP contribution in [0.3, 0.4) is 0 Å². The molecule has 0 radical (unpaired) electrons. The van der Waals surface area contributed by atoms with Crippen LogP contribution in [0.4, 0.5) is 9.18 Å². The van der Waals surface area contributed by atoms with E-state index in [1.807, 2.05) is 0 Å². The van der Waals surface area contributed by atoms with Crippen LogP contribution in [0.15, 0.2) is 24.3 Å². The molecule has 1 N–H and O–H groups in total. The van der Waals surface area contributed by atoms with E-state index >= 15 is 0 Å². The number of halogens is 1. The summed E-state index contributed by atoms with van der Waals surface area (Å²) in [7, 11) is 0. The summed E-state index contributed by atoms with van der Waals surface area (Å²) in [4.78, 5) is 13.7. The second-order valence-electron chi connectivity index (χ2n) is 6.38. The van der Waals surface area contributed by atoms with E-state index in [2.05, 4.69) is 0 Å². The van der Waals surface area contributed by atoms with Gasteiger partial charge in [0.2, 0.25) is 0 Å². The zero-order valence-electron chi connectivity index (χ0n) is 12.7. The lowest BCUT2D eigenvalue weighted by atomic mass is 10.0. The lowest BCUT2D eigenvalue weighted by Crippen LogP contribution is -2.42. The van der Waals surface area contributed by atoms with Gasteiger partial charge in [-0.15, -0.1) is 0 Å². The number of ether oxygens (including phenoxy) is 1. The number of hydrogen-bond donors (Lipinski definition) is 1. The first kappa shape index (κ1) is 15.8. The van der Waals surface area contributed by atoms with E-state index in [0.717, 1.165) is 6.42 Å². The number of nitrogens with zero attached hydrogens (tertiary/aromatic N) is 1. The van der Waals surface area contributed by atoms with Gasteiger partial charge < -0.3 is 14.7 Å². The van der Waals surface area contributed by atoms with E-state index in [1.54, 1.807) is 37.8 Å². The summed E-state index contributed by atoms with van der Waals surface area (Å²) in [5.41, 5.74) is -0.0935. The Labute approximate surface area is 124 Å². The number of hydrogen-bond acceptors (Lipinski definition) is 3. The summed E-state index contributed by atoms with van der Waals surface area (Å²) in [6.45, 7) is 5.96. The van der Waals surface area contributed by atoms with Crippen molar-refractivity contribution in [3.8, 4) is 0 Å². The molecule has 4 nitrogen and oxygen atoms in total. The Bertz CT molecular complexity index is 512. The van der Waals surface area contributed by atoms with Crippen molar-refractivity contribution in [1.82, 2.24) is 4.90 Å². The number of benzene rings is 1. The van der Waals surface area contributed by atoms with E-state index in [4.69, 9.17) is 4.74 Å². The van der Waals surface area contributed by atoms with Gasteiger partial charge in [0.15, 0.2) is 0 Å². The van der Waals surface area contributed by atoms with Gasteiger partial charge in [-0.2, -0.15) is 0 Å². The molecule has 1 aromatic carbocycles. The van der Waals surface area contributed by atoms with Crippen LogP contribution in [0, 0.1) is 5.82 Å². The summed E-state index contributed by atoms with van der Waals surface area (Å²) in [6, 6.07) is 5.48. The minimum Gasteiger partial charge on any atom is -0.444 e. The quantitative estimate of drug-likeness (QED) is 0.911. The first-order valence-electron chi connectivity index (χ1n) is 7.21. The molecule has 1 heterocycles. The molecule has 2 atom stereocenters. The minimum atomic E-state index is -0.907. The second-order valence-corrected chi connectivity index (χ2v) is 6.38. The zero-order chi connectivity index (χ0) is 15.6. The highest BCUT2D eigenvalue weighted by atomic mass is 19.1. The van der Waals surface area contributed by atoms with Gasteiger partial charge in [0, 0.05) is 6.54 Å². The van der Waals surface area contributed by atoms with E-state index in [1.165, 1.54) is 12.1 Å². The molecule has 0 spiro atoms. The van der Waals surface area contributed by atoms with Crippen molar-refractivity contribution in [1.29, 1.82) is 0 Å². The summed E-state index contributed by atoms with van der Waals surface area (Å²) < 4.78 is 18.6. The third-order valence-electron chi connectivity index (χ3n) is 3.48. The second kappa shape index (κ2) is 6.02. The van der Waals surface area contributed by atoms with Gasteiger partial charge in [-0.05, 0) is 51.3 Å². The summed E-state index contributed by atoms with van der Waals surface area (Å²) in [5, 5.41) is 10.4. The predicted octanol–water partition coefficient (Wildman–Crippen LogP) is 3.26. The zero-order valence-corrected chi connectivity index (χ0v) is 12.7. The maximum atomic E-state index is 13.3. The summed E-state index contributed by atoms with van der Waals surface area (Å²) in [6.07, 6.45) is 0.142. The van der Waals surface area contributed by atoms with Crippen molar-refractivity contribution in [3.63, 3.8) is 0 Å². The highest BCUT2D eigenvalue weighted by Crippen LogP contribution is 2.30. The molecule has 2 rings (SSSR count). The smallest absolute Gasteiger partial charge is 0.410 e. The molecular weight excluding hydrogens is 273 g/mol. The van der Waals surface area contributed by atoms with Crippen LogP contribution in [0.2, 0.25) is 0 Å². The Morgan fingerprint density at radius 3 is 2.81 bits per heavy atom. The lowest BCUT2D eigenvalue weighted by molar-refractivity contribution is 0.00487. The molecule has 1 aromatic rings. The third-order valence-corrected chi connectivity index (χ3v) is 3.48. The van der Waals surface area contributed by atoms with Crippen LogP contribution < -0.4 is 0 Å². The number of aliphatic hydroxyl groups is 1. The molecule has 1 fully saturated rings. The molecule has 0 bridgehead atoms. The molecule has 0 saturated carbocycles. The van der Waals surface area contributed by atoms with Gasteiger partial charge in [-0.25, -0.2) is 9.18 Å². The Morgan fingerprint density at radius 2 is 2.19 bits per heavy atom. The number of amides is 1. The van der Waals surface area contributed by atoms with Crippen LogP contribution in [-0.4, -0.2) is 34.3 Å². The molecule has 1 unspecified atom stereocenters. The topological polar surface area (TPSA) is 49.8 Å². The molecule has 1 aliphatic rings. The van der Waals surface area contributed by atoms with E-state index in [0.29, 0.717) is 18.5 Å². The molecule has 1 saturated heterocycles. The molecule has 0 aromatic heterocycles. The third kappa shape index (κ3) is 3.94. The molecule has 0 aliphatic carbocycles. The molecule has 1 aliphatic heterocycles. The fraction of sp³-hybridized carbons (Fsp3) is 0.562. The molecule has 1 amide bonds. The van der Waals surface area contributed by atoms with Gasteiger partial charge in [0.05, 0.1) is 12.1 Å². The van der Waals surface area contributed by atoms with Crippen molar-refractivity contribution in [3.05, 3.63) is 35.6 Å². The van der Waals surface area contributed by atoms with Crippen LogP contribution in [0.1, 0.15) is 45.3 Å². The van der Waals surface area contributed by atoms with Crippen LogP contribution in [-0.2, 0) is 4.74 Å². The number of rotatable bonds is 2. The van der Waals surface area contributed by atoms with Crippen LogP contribution in [0.25, 0.3) is 0 Å². The number of carbonyl (C=O) groups is 1. The first-order valence-corrected chi connectivity index (χ1v) is 7.21. The van der Waals surface area contributed by atoms with Crippen molar-refractivity contribution in [2.45, 2.75) is 51.4 Å². The fourth-order valence-electron chi connectivity index (χ4n) is 2.58. The van der Waals surface area contributed by atoms with Gasteiger partial charge in [-0.3, -0.25) is 0 Å². The maximum absolute atomic E-state index is 13.3. The van der Waals surface area contributed by atoms with E-state index in [-0.39, 0.29) is 6.04 Å². The normalized spacial score (nSPS) is 20.4. The standard InChI is InChI=1S/C16H22FNO3/c1-16(2,3)21-15(20)18-9-5-8-13(18)14(19)11-6-4-7-12(17)10-11/h4,6-7,10,13-14,19H,5,8-9H2,1-3H3/t13?,14-/m0/s1. The van der Waals surface area contributed by atoms with Gasteiger partial charge in [-0.1, -0.05) is 12.1 Å². The number of likely N-dealkylation sites (tertiary alicyclic amines) is 1. The Hall–Kier alpha value is -1.62. The first-order chi connectivity index (χ1) is 9.78. The number of aliphatic hydroxyl groups excluding tert-OH is 1. The van der Waals surface area contributed by atoms with Crippen molar-refractivity contribution < 1.29 is 19.0 Å². The lowest BCUT2D eigenvalue weighted by Gasteiger charge is -2.31. The summed E-state index contributed by atoms with van der Waals surface area (Å²) in [5.74, 6) is -0.395. The summed E-state index contributed by atoms with van der Waals surface area (Å²) >= 11 is 0. The fourth-order valence-corrected chi connectivity index (χ4v) is 2.58. The molecule has 5 heteroatoms. The van der Waals surface area contributed by atoms with Gasteiger partial charge in [0.25, 0.3) is 0 Å². The largest absolute Gasteiger partial charge is 0.444 e. The Kier molecular flexibility index (Phi) is 4.52. The van der Waals surface area contributed by atoms with Crippen molar-refractivity contribution >= 4 is 6.09 Å². The predicted molar refractivity (Wildman–Crippen MR) is 77.3 cm³/mol. The SMILES string of the molecule is CC(C)(C)OC(=O)N1CCCC1[C@@H](O)c1cccc(F)c1. The molecular formula is C16H22FNO3. The van der Waals surface area contributed by atoms with Crippen molar-refractivity contribution in [2.24, 2.45) is 0 Å². The minimum absolute atomic E-state index is 0.373. The average molecular weight is 295 g/mol. The van der Waals surface area contributed by atoms with Crippen LogP contribution >= 0.6 is 0 Å². The highest BCUT2D eigenvalue weighted by Gasteiger charge is 2.37. The van der Waals surface area contributed by atoms with E-state index in [9.17, 15) is 14.3 Å². The van der Waals surface area contributed by atoms with Gasteiger partial charge in [0.1, 0.15) is 11.4 Å². The van der Waals surface area contributed by atoms with Gasteiger partial charge >= 0.3 is 6.09 Å².